The Morgan fingerprint density at radius 2 is 2.17 bits per heavy atom. The van der Waals surface area contributed by atoms with Crippen LogP contribution in [0.4, 0.5) is 4.39 Å². The smallest absolute Gasteiger partial charge is 0.180 e. The summed E-state index contributed by atoms with van der Waals surface area (Å²) >= 11 is 3.02. The van der Waals surface area contributed by atoms with E-state index in [2.05, 4.69) is 20.9 Å². The first kappa shape index (κ1) is 12.5. The summed E-state index contributed by atoms with van der Waals surface area (Å²) in [5.41, 5.74) is 0.940. The molecule has 0 radical (unpaired) electrons. The SMILES string of the molecule is N#Cc1ccc(OCc2ccccn2)c(F)c1Br. The van der Waals surface area contributed by atoms with E-state index >= 15 is 0 Å². The molecule has 2 aromatic rings. The molecular weight excluding hydrogens is 299 g/mol. The highest BCUT2D eigenvalue weighted by atomic mass is 79.9. The normalized spacial score (nSPS) is 9.83. The lowest BCUT2D eigenvalue weighted by Crippen LogP contribution is -2.00. The minimum Gasteiger partial charge on any atom is -0.484 e. The van der Waals surface area contributed by atoms with Crippen molar-refractivity contribution in [1.29, 1.82) is 5.26 Å². The summed E-state index contributed by atoms with van der Waals surface area (Å²) in [6, 6.07) is 10.2. The van der Waals surface area contributed by atoms with Crippen LogP contribution in [-0.4, -0.2) is 4.98 Å². The number of rotatable bonds is 3. The van der Waals surface area contributed by atoms with E-state index in [1.165, 1.54) is 12.1 Å². The van der Waals surface area contributed by atoms with Crippen molar-refractivity contribution < 1.29 is 9.13 Å². The average Bonchev–Trinajstić information content (AvgIpc) is 2.42. The summed E-state index contributed by atoms with van der Waals surface area (Å²) < 4.78 is 19.2. The summed E-state index contributed by atoms with van der Waals surface area (Å²) in [7, 11) is 0. The van der Waals surface area contributed by atoms with Gasteiger partial charge < -0.3 is 4.74 Å². The van der Waals surface area contributed by atoms with E-state index in [4.69, 9.17) is 10.00 Å². The van der Waals surface area contributed by atoms with E-state index in [0.717, 1.165) is 0 Å². The quantitative estimate of drug-likeness (QED) is 0.872. The number of ether oxygens (including phenoxy) is 1. The van der Waals surface area contributed by atoms with Gasteiger partial charge in [-0.25, -0.2) is 4.39 Å². The van der Waals surface area contributed by atoms with Gasteiger partial charge in [0, 0.05) is 6.20 Å². The Morgan fingerprint density at radius 1 is 1.33 bits per heavy atom. The third-order valence-corrected chi connectivity index (χ3v) is 3.04. The van der Waals surface area contributed by atoms with Gasteiger partial charge in [0.1, 0.15) is 12.7 Å². The van der Waals surface area contributed by atoms with Gasteiger partial charge in [0.05, 0.1) is 15.7 Å². The van der Waals surface area contributed by atoms with E-state index in [0.29, 0.717) is 5.69 Å². The van der Waals surface area contributed by atoms with E-state index < -0.39 is 5.82 Å². The number of nitrogens with zero attached hydrogens (tertiary/aromatic N) is 2. The first-order valence-electron chi connectivity index (χ1n) is 5.13. The number of benzene rings is 1. The Kier molecular flexibility index (Phi) is 3.90. The Bertz CT molecular complexity index is 596. The second kappa shape index (κ2) is 5.61. The molecule has 0 amide bonds. The number of hydrogen-bond donors (Lipinski definition) is 0. The average molecular weight is 307 g/mol. The van der Waals surface area contributed by atoms with Crippen LogP contribution in [-0.2, 0) is 6.61 Å². The molecule has 1 heterocycles. The van der Waals surface area contributed by atoms with E-state index in [1.807, 2.05) is 12.1 Å². The third-order valence-electron chi connectivity index (χ3n) is 2.27. The van der Waals surface area contributed by atoms with Crippen LogP contribution in [0, 0.1) is 17.1 Å². The summed E-state index contributed by atoms with van der Waals surface area (Å²) in [6.45, 7) is 0.177. The zero-order chi connectivity index (χ0) is 13.0. The number of pyridine rings is 1. The Morgan fingerprint density at radius 3 is 2.83 bits per heavy atom. The topological polar surface area (TPSA) is 45.9 Å². The fourth-order valence-corrected chi connectivity index (χ4v) is 1.78. The molecule has 0 fully saturated rings. The predicted molar refractivity (Wildman–Crippen MR) is 67.4 cm³/mol. The molecule has 1 aromatic carbocycles. The first-order valence-corrected chi connectivity index (χ1v) is 5.92. The maximum absolute atomic E-state index is 13.8. The molecule has 0 bridgehead atoms. The molecule has 0 spiro atoms. The fraction of sp³-hybridized carbons (Fsp3) is 0.0769. The van der Waals surface area contributed by atoms with Crippen LogP contribution in [0.2, 0.25) is 0 Å². The highest BCUT2D eigenvalue weighted by Gasteiger charge is 2.12. The highest BCUT2D eigenvalue weighted by molar-refractivity contribution is 9.10. The summed E-state index contributed by atoms with van der Waals surface area (Å²) in [5, 5.41) is 8.74. The van der Waals surface area contributed by atoms with Crippen molar-refractivity contribution >= 4 is 15.9 Å². The molecule has 0 saturated carbocycles. The largest absolute Gasteiger partial charge is 0.484 e. The molecule has 3 nitrogen and oxygen atoms in total. The van der Waals surface area contributed by atoms with Crippen molar-refractivity contribution in [3.8, 4) is 11.8 Å². The van der Waals surface area contributed by atoms with Crippen molar-refractivity contribution in [2.24, 2.45) is 0 Å². The van der Waals surface area contributed by atoms with Gasteiger partial charge in [-0.3, -0.25) is 4.98 Å². The molecule has 0 saturated heterocycles. The molecule has 0 unspecified atom stereocenters. The van der Waals surface area contributed by atoms with E-state index in [9.17, 15) is 4.39 Å². The molecule has 5 heteroatoms. The van der Waals surface area contributed by atoms with Crippen molar-refractivity contribution in [1.82, 2.24) is 4.98 Å². The zero-order valence-electron chi connectivity index (χ0n) is 9.23. The van der Waals surface area contributed by atoms with Crippen molar-refractivity contribution in [3.63, 3.8) is 0 Å². The van der Waals surface area contributed by atoms with Crippen LogP contribution in [0.15, 0.2) is 41.0 Å². The Labute approximate surface area is 112 Å². The number of halogens is 2. The second-order valence-electron chi connectivity index (χ2n) is 3.46. The standard InChI is InChI=1S/C13H8BrFN2O/c14-12-9(7-16)4-5-11(13(12)15)18-8-10-3-1-2-6-17-10/h1-6H,8H2. The number of nitriles is 1. The first-order chi connectivity index (χ1) is 8.72. The van der Waals surface area contributed by atoms with Gasteiger partial charge in [-0.1, -0.05) is 6.07 Å². The maximum Gasteiger partial charge on any atom is 0.180 e. The molecule has 0 aliphatic rings. The summed E-state index contributed by atoms with van der Waals surface area (Å²) in [6.07, 6.45) is 1.64. The molecule has 90 valence electrons. The molecule has 0 aliphatic carbocycles. The molecule has 2 rings (SSSR count). The number of aromatic nitrogens is 1. The zero-order valence-corrected chi connectivity index (χ0v) is 10.8. The van der Waals surface area contributed by atoms with Crippen molar-refractivity contribution in [3.05, 3.63) is 58.1 Å². The van der Waals surface area contributed by atoms with Crippen LogP contribution in [0.5, 0.6) is 5.75 Å². The van der Waals surface area contributed by atoms with E-state index in [1.54, 1.807) is 18.3 Å². The van der Waals surface area contributed by atoms with Crippen molar-refractivity contribution in [2.75, 3.05) is 0 Å². The Hall–Kier alpha value is -1.93. The van der Waals surface area contributed by atoms with Crippen LogP contribution < -0.4 is 4.74 Å². The van der Waals surface area contributed by atoms with Gasteiger partial charge in [0.25, 0.3) is 0 Å². The molecule has 0 aliphatic heterocycles. The van der Waals surface area contributed by atoms with Gasteiger partial charge in [-0.05, 0) is 40.2 Å². The second-order valence-corrected chi connectivity index (χ2v) is 4.25. The predicted octanol–water partition coefficient (Wildman–Crippen LogP) is 3.43. The maximum atomic E-state index is 13.8. The van der Waals surface area contributed by atoms with E-state index in [-0.39, 0.29) is 22.4 Å². The Balaban J connectivity index is 2.16. The van der Waals surface area contributed by atoms with Gasteiger partial charge in [-0.2, -0.15) is 5.26 Å². The molecular formula is C13H8BrFN2O. The molecule has 0 atom stereocenters. The van der Waals surface area contributed by atoms with Gasteiger partial charge in [-0.15, -0.1) is 0 Å². The van der Waals surface area contributed by atoms with Crippen LogP contribution in [0.25, 0.3) is 0 Å². The molecule has 1 aromatic heterocycles. The van der Waals surface area contributed by atoms with Crippen molar-refractivity contribution in [2.45, 2.75) is 6.61 Å². The van der Waals surface area contributed by atoms with Crippen LogP contribution >= 0.6 is 15.9 Å². The minimum absolute atomic E-state index is 0.0894. The molecule has 0 N–H and O–H groups in total. The van der Waals surface area contributed by atoms with Crippen LogP contribution in [0.1, 0.15) is 11.3 Å². The lowest BCUT2D eigenvalue weighted by atomic mass is 10.2. The van der Waals surface area contributed by atoms with Gasteiger partial charge in [0.15, 0.2) is 11.6 Å². The monoisotopic (exact) mass is 306 g/mol. The van der Waals surface area contributed by atoms with Crippen LogP contribution in [0.3, 0.4) is 0 Å². The summed E-state index contributed by atoms with van der Waals surface area (Å²) in [4.78, 5) is 4.07. The lowest BCUT2D eigenvalue weighted by Gasteiger charge is -2.08. The lowest BCUT2D eigenvalue weighted by molar-refractivity contribution is 0.285. The van der Waals surface area contributed by atoms with Gasteiger partial charge in [0.2, 0.25) is 0 Å². The van der Waals surface area contributed by atoms with Gasteiger partial charge >= 0.3 is 0 Å². The number of hydrogen-bond acceptors (Lipinski definition) is 3. The molecule has 18 heavy (non-hydrogen) atoms. The highest BCUT2D eigenvalue weighted by Crippen LogP contribution is 2.28. The summed E-state index contributed by atoms with van der Waals surface area (Å²) in [5.74, 6) is -0.489. The third kappa shape index (κ3) is 2.66. The minimum atomic E-state index is -0.579. The fourth-order valence-electron chi connectivity index (χ4n) is 1.36.